The number of likely N-dealkylation sites (tertiary alicyclic amines) is 1. The molecule has 1 aromatic heterocycles. The Morgan fingerprint density at radius 2 is 1.74 bits per heavy atom. The summed E-state index contributed by atoms with van der Waals surface area (Å²) >= 11 is 0. The highest BCUT2D eigenvalue weighted by atomic mass is 16.5. The molecule has 31 heavy (non-hydrogen) atoms. The van der Waals surface area contributed by atoms with Crippen LogP contribution in [0.2, 0.25) is 0 Å². The minimum Gasteiger partial charge on any atom is -0.474 e. The van der Waals surface area contributed by atoms with Crippen LogP contribution in [0.4, 0.5) is 10.5 Å². The number of benzene rings is 1. The van der Waals surface area contributed by atoms with Gasteiger partial charge in [0.15, 0.2) is 0 Å². The molecular formula is C24H30N4O3. The Balaban J connectivity index is 1.24. The van der Waals surface area contributed by atoms with Crippen LogP contribution < -0.4 is 10.1 Å². The van der Waals surface area contributed by atoms with Crippen molar-refractivity contribution < 1.29 is 14.3 Å². The number of carbonyl (C=O) groups excluding carboxylic acids is 2. The topological polar surface area (TPSA) is 74.8 Å². The number of hydrogen-bond acceptors (Lipinski definition) is 4. The van der Waals surface area contributed by atoms with Crippen molar-refractivity contribution in [3.05, 3.63) is 53.7 Å². The van der Waals surface area contributed by atoms with Crippen LogP contribution in [0.25, 0.3) is 0 Å². The predicted molar refractivity (Wildman–Crippen MR) is 119 cm³/mol. The summed E-state index contributed by atoms with van der Waals surface area (Å²) in [6.07, 6.45) is 3.89. The van der Waals surface area contributed by atoms with E-state index in [0.717, 1.165) is 25.9 Å². The fourth-order valence-corrected chi connectivity index (χ4v) is 4.08. The standard InChI is InChI=1S/C24H30N4O3/c1-17(2)13-23(29)27-11-9-21(10-12-27)31-22-8-7-20(14-25-22)26-24(30)28-15-18-5-3-4-6-19(18)16-28/h3-8,14,17,21H,9-13,15-16H2,1-2H3,(H,26,30). The second-order valence-electron chi connectivity index (χ2n) is 8.74. The molecule has 0 atom stereocenters. The fourth-order valence-electron chi connectivity index (χ4n) is 4.08. The third-order valence-electron chi connectivity index (χ3n) is 5.78. The Morgan fingerprint density at radius 3 is 2.32 bits per heavy atom. The van der Waals surface area contributed by atoms with E-state index < -0.39 is 0 Å². The summed E-state index contributed by atoms with van der Waals surface area (Å²) in [6, 6.07) is 11.6. The first-order valence-corrected chi connectivity index (χ1v) is 11.0. The third-order valence-corrected chi connectivity index (χ3v) is 5.78. The molecule has 0 saturated carbocycles. The molecule has 1 N–H and O–H groups in total. The molecule has 3 heterocycles. The van der Waals surface area contributed by atoms with E-state index in [2.05, 4.69) is 36.3 Å². The number of nitrogens with zero attached hydrogens (tertiary/aromatic N) is 3. The van der Waals surface area contributed by atoms with Gasteiger partial charge in [-0.15, -0.1) is 0 Å². The zero-order valence-corrected chi connectivity index (χ0v) is 18.2. The number of pyridine rings is 1. The van der Waals surface area contributed by atoms with Crippen LogP contribution in [0.3, 0.4) is 0 Å². The zero-order valence-electron chi connectivity index (χ0n) is 18.2. The van der Waals surface area contributed by atoms with Crippen LogP contribution in [0.5, 0.6) is 5.88 Å². The van der Waals surface area contributed by atoms with Gasteiger partial charge in [0.05, 0.1) is 11.9 Å². The van der Waals surface area contributed by atoms with E-state index >= 15 is 0 Å². The minimum absolute atomic E-state index is 0.0548. The van der Waals surface area contributed by atoms with Crippen molar-refractivity contribution in [1.29, 1.82) is 0 Å². The molecule has 0 bridgehead atoms. The number of ether oxygens (including phenoxy) is 1. The molecule has 0 radical (unpaired) electrons. The maximum absolute atomic E-state index is 12.6. The molecule has 0 spiro atoms. The van der Waals surface area contributed by atoms with Gasteiger partial charge in [-0.2, -0.15) is 0 Å². The van der Waals surface area contributed by atoms with Crippen LogP contribution in [0, 0.1) is 5.92 Å². The lowest BCUT2D eigenvalue weighted by Crippen LogP contribution is -2.42. The molecule has 1 aromatic carbocycles. The number of piperidine rings is 1. The molecule has 2 aromatic rings. The van der Waals surface area contributed by atoms with E-state index in [1.807, 2.05) is 23.1 Å². The van der Waals surface area contributed by atoms with Crippen LogP contribution >= 0.6 is 0 Å². The molecule has 4 rings (SSSR count). The smallest absolute Gasteiger partial charge is 0.322 e. The zero-order chi connectivity index (χ0) is 21.8. The van der Waals surface area contributed by atoms with E-state index in [4.69, 9.17) is 4.74 Å². The Kier molecular flexibility index (Phi) is 6.39. The maximum atomic E-state index is 12.6. The fraction of sp³-hybridized carbons (Fsp3) is 0.458. The largest absolute Gasteiger partial charge is 0.474 e. The van der Waals surface area contributed by atoms with Crippen molar-refractivity contribution in [2.75, 3.05) is 18.4 Å². The third kappa shape index (κ3) is 5.34. The Morgan fingerprint density at radius 1 is 1.06 bits per heavy atom. The summed E-state index contributed by atoms with van der Waals surface area (Å²) in [5, 5.41) is 2.91. The number of urea groups is 1. The van der Waals surface area contributed by atoms with Gasteiger partial charge in [-0.25, -0.2) is 9.78 Å². The Bertz CT molecular complexity index is 896. The summed E-state index contributed by atoms with van der Waals surface area (Å²) in [4.78, 5) is 32.8. The molecule has 0 aliphatic carbocycles. The highest BCUT2D eigenvalue weighted by molar-refractivity contribution is 5.89. The minimum atomic E-state index is -0.134. The van der Waals surface area contributed by atoms with Crippen molar-refractivity contribution in [2.45, 2.75) is 52.3 Å². The molecule has 7 heteroatoms. The summed E-state index contributed by atoms with van der Waals surface area (Å²) in [6.45, 7) is 6.82. The van der Waals surface area contributed by atoms with Crippen LogP contribution in [-0.2, 0) is 17.9 Å². The average Bonchev–Trinajstić information content (AvgIpc) is 3.20. The van der Waals surface area contributed by atoms with Gasteiger partial charge in [-0.05, 0) is 23.1 Å². The van der Waals surface area contributed by atoms with E-state index in [-0.39, 0.29) is 18.0 Å². The number of aromatic nitrogens is 1. The predicted octanol–water partition coefficient (Wildman–Crippen LogP) is 4.05. The van der Waals surface area contributed by atoms with Crippen molar-refractivity contribution in [3.8, 4) is 5.88 Å². The van der Waals surface area contributed by atoms with Crippen LogP contribution in [0.1, 0.15) is 44.2 Å². The van der Waals surface area contributed by atoms with Gasteiger partial charge in [0.25, 0.3) is 0 Å². The highest BCUT2D eigenvalue weighted by Gasteiger charge is 2.25. The molecule has 0 unspecified atom stereocenters. The number of nitrogens with one attached hydrogen (secondary N) is 1. The molecule has 7 nitrogen and oxygen atoms in total. The lowest BCUT2D eigenvalue weighted by molar-refractivity contribution is -0.133. The van der Waals surface area contributed by atoms with Gasteiger partial charge in [-0.1, -0.05) is 38.1 Å². The van der Waals surface area contributed by atoms with E-state index in [0.29, 0.717) is 37.0 Å². The average molecular weight is 423 g/mol. The molecule has 1 saturated heterocycles. The molecular weight excluding hydrogens is 392 g/mol. The first kappa shape index (κ1) is 21.2. The second-order valence-corrected chi connectivity index (χ2v) is 8.74. The SMILES string of the molecule is CC(C)CC(=O)N1CCC(Oc2ccc(NC(=O)N3Cc4ccccc4C3)cn2)CC1. The van der Waals surface area contributed by atoms with E-state index in [1.54, 1.807) is 17.2 Å². The van der Waals surface area contributed by atoms with Crippen molar-refractivity contribution in [2.24, 2.45) is 5.92 Å². The Hall–Kier alpha value is -3.09. The summed E-state index contributed by atoms with van der Waals surface area (Å²) in [5.74, 6) is 1.15. The van der Waals surface area contributed by atoms with E-state index in [1.165, 1.54) is 11.1 Å². The summed E-state index contributed by atoms with van der Waals surface area (Å²) in [5.41, 5.74) is 3.02. The lowest BCUT2D eigenvalue weighted by Gasteiger charge is -2.32. The van der Waals surface area contributed by atoms with Gasteiger partial charge >= 0.3 is 6.03 Å². The molecule has 2 aliphatic rings. The summed E-state index contributed by atoms with van der Waals surface area (Å²) < 4.78 is 5.99. The van der Waals surface area contributed by atoms with Gasteiger partial charge < -0.3 is 19.9 Å². The van der Waals surface area contributed by atoms with E-state index in [9.17, 15) is 9.59 Å². The first-order valence-electron chi connectivity index (χ1n) is 11.0. The first-order chi connectivity index (χ1) is 15.0. The number of carbonyl (C=O) groups is 2. The number of fused-ring (bicyclic) bond motifs is 1. The van der Waals surface area contributed by atoms with Crippen molar-refractivity contribution >= 4 is 17.6 Å². The normalized spacial score (nSPS) is 16.4. The monoisotopic (exact) mass is 422 g/mol. The molecule has 2 aliphatic heterocycles. The lowest BCUT2D eigenvalue weighted by atomic mass is 10.1. The number of hydrogen-bond donors (Lipinski definition) is 1. The number of anilines is 1. The van der Waals surface area contributed by atoms with Crippen LogP contribution in [-0.4, -0.2) is 45.9 Å². The van der Waals surface area contributed by atoms with Crippen molar-refractivity contribution in [3.63, 3.8) is 0 Å². The second kappa shape index (κ2) is 9.37. The van der Waals surface area contributed by atoms with Crippen molar-refractivity contribution in [1.82, 2.24) is 14.8 Å². The Labute approximate surface area is 183 Å². The highest BCUT2D eigenvalue weighted by Crippen LogP contribution is 2.24. The number of amides is 3. The molecule has 3 amide bonds. The van der Waals surface area contributed by atoms with Gasteiger partial charge in [-0.3, -0.25) is 4.79 Å². The van der Waals surface area contributed by atoms with Crippen LogP contribution in [0.15, 0.2) is 42.6 Å². The molecule has 164 valence electrons. The number of rotatable bonds is 5. The molecule has 1 fully saturated rings. The quantitative estimate of drug-likeness (QED) is 0.789. The summed E-state index contributed by atoms with van der Waals surface area (Å²) in [7, 11) is 0. The van der Waals surface area contributed by atoms with Gasteiger partial charge in [0, 0.05) is 51.5 Å². The van der Waals surface area contributed by atoms with Gasteiger partial charge in [0.2, 0.25) is 11.8 Å². The maximum Gasteiger partial charge on any atom is 0.322 e. The van der Waals surface area contributed by atoms with Gasteiger partial charge in [0.1, 0.15) is 6.10 Å².